The molecule has 6 nitrogen and oxygen atoms in total. The molecule has 0 saturated heterocycles. The van der Waals surface area contributed by atoms with Crippen LogP contribution in [0.5, 0.6) is 0 Å². The molecule has 0 aromatic carbocycles. The van der Waals surface area contributed by atoms with Crippen LogP contribution >= 0.6 is 11.3 Å². The number of carboxylic acids is 1. The summed E-state index contributed by atoms with van der Waals surface area (Å²) in [4.78, 5) is 31.1. The Balaban J connectivity index is 1.88. The summed E-state index contributed by atoms with van der Waals surface area (Å²) in [5, 5.41) is 9.74. The normalized spacial score (nSPS) is 13.7. The molecule has 0 radical (unpaired) electrons. The quantitative estimate of drug-likeness (QED) is 0.772. The molecular formula is C18H18N2O4S. The molecule has 0 amide bonds. The van der Waals surface area contributed by atoms with E-state index in [1.165, 1.54) is 10.9 Å². The molecule has 25 heavy (non-hydrogen) atoms. The van der Waals surface area contributed by atoms with Crippen molar-refractivity contribution in [1.82, 2.24) is 9.55 Å². The molecule has 0 unspecified atom stereocenters. The van der Waals surface area contributed by atoms with Crippen molar-refractivity contribution in [2.75, 3.05) is 0 Å². The number of thiophene rings is 1. The van der Waals surface area contributed by atoms with Crippen molar-refractivity contribution in [3.05, 3.63) is 50.3 Å². The zero-order valence-corrected chi connectivity index (χ0v) is 14.9. The van der Waals surface area contributed by atoms with Crippen molar-refractivity contribution < 1.29 is 14.3 Å². The zero-order chi connectivity index (χ0) is 17.7. The third-order valence-electron chi connectivity index (χ3n) is 4.56. The molecule has 0 atom stereocenters. The maximum atomic E-state index is 13.2. The highest BCUT2D eigenvalue weighted by atomic mass is 32.1. The highest BCUT2D eigenvalue weighted by molar-refractivity contribution is 7.18. The number of nitrogens with zero attached hydrogens (tertiary/aromatic N) is 2. The van der Waals surface area contributed by atoms with Gasteiger partial charge in [-0.25, -0.2) is 9.78 Å². The lowest BCUT2D eigenvalue weighted by atomic mass is 10.1. The smallest absolute Gasteiger partial charge is 0.371 e. The number of hydrogen-bond acceptors (Lipinski definition) is 5. The van der Waals surface area contributed by atoms with Gasteiger partial charge in [-0.3, -0.25) is 9.36 Å². The fourth-order valence-corrected chi connectivity index (χ4v) is 4.68. The van der Waals surface area contributed by atoms with Gasteiger partial charge in [0, 0.05) is 10.8 Å². The van der Waals surface area contributed by atoms with Gasteiger partial charge in [-0.05, 0) is 37.0 Å². The van der Waals surface area contributed by atoms with Gasteiger partial charge >= 0.3 is 5.97 Å². The van der Waals surface area contributed by atoms with E-state index in [4.69, 9.17) is 14.5 Å². The monoisotopic (exact) mass is 358 g/mol. The van der Waals surface area contributed by atoms with E-state index in [9.17, 15) is 9.59 Å². The first-order valence-electron chi connectivity index (χ1n) is 8.32. The number of carboxylic acid groups (broad SMARTS) is 1. The lowest BCUT2D eigenvalue weighted by Crippen LogP contribution is -2.26. The Morgan fingerprint density at radius 3 is 2.88 bits per heavy atom. The maximum absolute atomic E-state index is 13.2. The van der Waals surface area contributed by atoms with Crippen molar-refractivity contribution in [3.63, 3.8) is 0 Å². The predicted octanol–water partition coefficient (Wildman–Crippen LogP) is 3.41. The molecular weight excluding hydrogens is 340 g/mol. The summed E-state index contributed by atoms with van der Waals surface area (Å²) >= 11 is 1.63. The van der Waals surface area contributed by atoms with Crippen LogP contribution in [-0.2, 0) is 19.4 Å². The fraction of sp³-hybridized carbons (Fsp3) is 0.389. The Bertz CT molecular complexity index is 1040. The van der Waals surface area contributed by atoms with E-state index in [0.717, 1.165) is 35.0 Å². The number of aryl methyl sites for hydroxylation is 2. The average molecular weight is 358 g/mol. The van der Waals surface area contributed by atoms with Crippen molar-refractivity contribution >= 4 is 27.5 Å². The van der Waals surface area contributed by atoms with Gasteiger partial charge in [-0.15, -0.1) is 11.3 Å². The molecule has 0 spiro atoms. The molecule has 0 saturated carbocycles. The average Bonchev–Trinajstić information content (AvgIpc) is 3.24. The van der Waals surface area contributed by atoms with Gasteiger partial charge in [0.05, 0.1) is 11.9 Å². The topological polar surface area (TPSA) is 85.3 Å². The molecule has 4 rings (SSSR count). The van der Waals surface area contributed by atoms with Crippen LogP contribution in [0.25, 0.3) is 10.2 Å². The van der Waals surface area contributed by atoms with E-state index < -0.39 is 5.97 Å². The van der Waals surface area contributed by atoms with Crippen LogP contribution in [0.1, 0.15) is 58.8 Å². The van der Waals surface area contributed by atoms with Crippen molar-refractivity contribution in [2.45, 2.75) is 45.6 Å². The van der Waals surface area contributed by atoms with Crippen molar-refractivity contribution in [3.8, 4) is 0 Å². The standard InChI is InChI=1S/C18H18N2O4S/c1-9(2)15-19-16-14(11-4-3-5-13(11)25-16)17(21)20(15)8-10-6-7-12(24-10)18(22)23/h6-7,9H,3-5,8H2,1-2H3,(H,22,23). The van der Waals surface area contributed by atoms with E-state index in [1.807, 2.05) is 13.8 Å². The first kappa shape index (κ1) is 16.1. The van der Waals surface area contributed by atoms with Gasteiger partial charge < -0.3 is 9.52 Å². The Hall–Kier alpha value is -2.41. The number of fused-ring (bicyclic) bond motifs is 3. The number of aromatic carboxylic acids is 1. The number of aromatic nitrogens is 2. The van der Waals surface area contributed by atoms with Gasteiger partial charge in [-0.2, -0.15) is 0 Å². The maximum Gasteiger partial charge on any atom is 0.371 e. The van der Waals surface area contributed by atoms with E-state index in [2.05, 4.69) is 0 Å². The largest absolute Gasteiger partial charge is 0.475 e. The van der Waals surface area contributed by atoms with E-state index in [-0.39, 0.29) is 23.8 Å². The zero-order valence-electron chi connectivity index (χ0n) is 14.0. The van der Waals surface area contributed by atoms with Crippen LogP contribution in [0.15, 0.2) is 21.3 Å². The molecule has 0 fully saturated rings. The summed E-state index contributed by atoms with van der Waals surface area (Å²) in [5.41, 5.74) is 1.09. The number of rotatable bonds is 4. The minimum atomic E-state index is -1.12. The number of carbonyl (C=O) groups is 1. The minimum absolute atomic E-state index is 0.0543. The molecule has 3 aromatic heterocycles. The number of hydrogen-bond donors (Lipinski definition) is 1. The summed E-state index contributed by atoms with van der Waals surface area (Å²) in [5.74, 6) is -0.0328. The van der Waals surface area contributed by atoms with E-state index in [1.54, 1.807) is 22.0 Å². The number of furan rings is 1. The second-order valence-corrected chi connectivity index (χ2v) is 7.71. The summed E-state index contributed by atoms with van der Waals surface area (Å²) in [6.07, 6.45) is 3.03. The SMILES string of the molecule is CC(C)c1nc2sc3c(c2c(=O)n1Cc1ccc(C(=O)O)o1)CCC3. The predicted molar refractivity (Wildman–Crippen MR) is 94.8 cm³/mol. The Morgan fingerprint density at radius 2 is 2.20 bits per heavy atom. The van der Waals surface area contributed by atoms with Crippen molar-refractivity contribution in [2.24, 2.45) is 0 Å². The van der Waals surface area contributed by atoms with E-state index in [0.29, 0.717) is 11.6 Å². The molecule has 3 heterocycles. The molecule has 0 aliphatic heterocycles. The van der Waals surface area contributed by atoms with Crippen LogP contribution in [-0.4, -0.2) is 20.6 Å². The highest BCUT2D eigenvalue weighted by Gasteiger charge is 2.24. The molecule has 0 bridgehead atoms. The third-order valence-corrected chi connectivity index (χ3v) is 5.74. The molecule has 3 aromatic rings. The van der Waals surface area contributed by atoms with Gasteiger partial charge in [0.2, 0.25) is 5.76 Å². The molecule has 7 heteroatoms. The highest BCUT2D eigenvalue weighted by Crippen LogP contribution is 2.35. The van der Waals surface area contributed by atoms with Crippen LogP contribution in [0, 0.1) is 0 Å². The van der Waals surface area contributed by atoms with Gasteiger partial charge in [-0.1, -0.05) is 13.8 Å². The Kier molecular flexibility index (Phi) is 3.76. The second kappa shape index (κ2) is 5.84. The Morgan fingerprint density at radius 1 is 1.40 bits per heavy atom. The first-order valence-corrected chi connectivity index (χ1v) is 9.14. The van der Waals surface area contributed by atoms with Crippen LogP contribution in [0.2, 0.25) is 0 Å². The summed E-state index contributed by atoms with van der Waals surface area (Å²) in [6.45, 7) is 4.18. The lowest BCUT2D eigenvalue weighted by molar-refractivity contribution is 0.0660. The summed E-state index contributed by atoms with van der Waals surface area (Å²) in [6, 6.07) is 3.01. The summed E-state index contributed by atoms with van der Waals surface area (Å²) < 4.78 is 6.97. The Labute approximate surface area is 147 Å². The third kappa shape index (κ3) is 2.59. The lowest BCUT2D eigenvalue weighted by Gasteiger charge is -2.14. The molecule has 1 aliphatic rings. The second-order valence-electron chi connectivity index (χ2n) is 6.62. The fourth-order valence-electron chi connectivity index (χ4n) is 3.42. The van der Waals surface area contributed by atoms with Crippen LogP contribution in [0.4, 0.5) is 0 Å². The van der Waals surface area contributed by atoms with Crippen molar-refractivity contribution in [1.29, 1.82) is 0 Å². The van der Waals surface area contributed by atoms with Gasteiger partial charge in [0.1, 0.15) is 16.4 Å². The minimum Gasteiger partial charge on any atom is -0.475 e. The van der Waals surface area contributed by atoms with Gasteiger partial charge in [0.25, 0.3) is 5.56 Å². The van der Waals surface area contributed by atoms with Crippen LogP contribution < -0.4 is 5.56 Å². The molecule has 1 N–H and O–H groups in total. The van der Waals surface area contributed by atoms with Crippen LogP contribution in [0.3, 0.4) is 0 Å². The summed E-state index contributed by atoms with van der Waals surface area (Å²) in [7, 11) is 0. The molecule has 1 aliphatic carbocycles. The van der Waals surface area contributed by atoms with Gasteiger partial charge in [0.15, 0.2) is 0 Å². The molecule has 130 valence electrons. The first-order chi connectivity index (χ1) is 12.0. The van der Waals surface area contributed by atoms with E-state index >= 15 is 0 Å².